The minimum absolute atomic E-state index is 0.101. The van der Waals surface area contributed by atoms with Crippen molar-refractivity contribution in [2.45, 2.75) is 26.7 Å². The molecular formula is C10H18N6O2. The number of aromatic nitrogens is 2. The van der Waals surface area contributed by atoms with E-state index in [0.717, 1.165) is 12.8 Å². The first-order valence-electron chi connectivity index (χ1n) is 5.87. The van der Waals surface area contributed by atoms with Gasteiger partial charge in [-0.25, -0.2) is 10.8 Å². The van der Waals surface area contributed by atoms with Gasteiger partial charge in [0.1, 0.15) is 6.20 Å². The molecule has 0 bridgehead atoms. The molecule has 100 valence electrons. The van der Waals surface area contributed by atoms with Crippen LogP contribution in [0.3, 0.4) is 0 Å². The molecule has 0 saturated carbocycles. The Morgan fingerprint density at radius 1 is 1.44 bits per heavy atom. The van der Waals surface area contributed by atoms with Gasteiger partial charge in [0, 0.05) is 13.1 Å². The number of nitrogens with one attached hydrogen (secondary N) is 1. The van der Waals surface area contributed by atoms with Crippen molar-refractivity contribution < 1.29 is 4.92 Å². The Morgan fingerprint density at radius 2 is 2.06 bits per heavy atom. The van der Waals surface area contributed by atoms with E-state index in [9.17, 15) is 10.1 Å². The van der Waals surface area contributed by atoms with E-state index < -0.39 is 4.92 Å². The largest absolute Gasteiger partial charge is 0.351 e. The fourth-order valence-electron chi connectivity index (χ4n) is 1.66. The summed E-state index contributed by atoms with van der Waals surface area (Å²) in [5, 5.41) is 11.0. The zero-order valence-electron chi connectivity index (χ0n) is 10.6. The maximum absolute atomic E-state index is 11.0. The zero-order valence-corrected chi connectivity index (χ0v) is 10.6. The van der Waals surface area contributed by atoms with E-state index in [1.807, 2.05) is 18.7 Å². The van der Waals surface area contributed by atoms with Crippen LogP contribution in [0.2, 0.25) is 0 Å². The van der Waals surface area contributed by atoms with Crippen molar-refractivity contribution in [3.05, 3.63) is 16.3 Å². The van der Waals surface area contributed by atoms with E-state index in [2.05, 4.69) is 15.4 Å². The molecule has 0 amide bonds. The molecule has 1 aromatic heterocycles. The highest BCUT2D eigenvalue weighted by Crippen LogP contribution is 2.26. The van der Waals surface area contributed by atoms with Gasteiger partial charge in [-0.3, -0.25) is 15.5 Å². The fourth-order valence-corrected chi connectivity index (χ4v) is 1.66. The lowest BCUT2D eigenvalue weighted by molar-refractivity contribution is -0.384. The molecule has 0 aliphatic heterocycles. The van der Waals surface area contributed by atoms with Crippen molar-refractivity contribution >= 4 is 17.5 Å². The molecule has 0 aliphatic rings. The Morgan fingerprint density at radius 3 is 2.50 bits per heavy atom. The third-order valence-corrected chi connectivity index (χ3v) is 2.36. The van der Waals surface area contributed by atoms with Crippen LogP contribution in [0.1, 0.15) is 26.7 Å². The highest BCUT2D eigenvalue weighted by molar-refractivity contribution is 5.58. The minimum atomic E-state index is -0.478. The summed E-state index contributed by atoms with van der Waals surface area (Å²) in [5.41, 5.74) is 2.20. The maximum Gasteiger partial charge on any atom is 0.329 e. The van der Waals surface area contributed by atoms with E-state index in [-0.39, 0.29) is 11.6 Å². The molecule has 8 nitrogen and oxygen atoms in total. The second-order valence-corrected chi connectivity index (χ2v) is 3.79. The number of hydrogen-bond acceptors (Lipinski definition) is 7. The molecule has 0 fully saturated rings. The van der Waals surface area contributed by atoms with Gasteiger partial charge in [0.25, 0.3) is 0 Å². The van der Waals surface area contributed by atoms with E-state index >= 15 is 0 Å². The van der Waals surface area contributed by atoms with Gasteiger partial charge in [-0.2, -0.15) is 4.98 Å². The van der Waals surface area contributed by atoms with Crippen LogP contribution < -0.4 is 16.2 Å². The van der Waals surface area contributed by atoms with Gasteiger partial charge in [-0.05, 0) is 12.8 Å². The summed E-state index contributed by atoms with van der Waals surface area (Å²) in [6.07, 6.45) is 2.94. The van der Waals surface area contributed by atoms with Crippen molar-refractivity contribution in [3.63, 3.8) is 0 Å². The molecule has 0 radical (unpaired) electrons. The lowest BCUT2D eigenvalue weighted by Gasteiger charge is -2.22. The Balaban J connectivity index is 3.18. The third kappa shape index (κ3) is 3.27. The predicted octanol–water partition coefficient (Wildman–Crippen LogP) is 1.30. The minimum Gasteiger partial charge on any atom is -0.351 e. The number of nitrogens with two attached hydrogens (primary N) is 1. The molecule has 18 heavy (non-hydrogen) atoms. The van der Waals surface area contributed by atoms with Gasteiger partial charge in [0.15, 0.2) is 0 Å². The zero-order chi connectivity index (χ0) is 13.5. The molecule has 0 saturated heterocycles. The number of hydrogen-bond donors (Lipinski definition) is 2. The number of rotatable bonds is 7. The Hall–Kier alpha value is -1.96. The van der Waals surface area contributed by atoms with Crippen LogP contribution in [-0.2, 0) is 0 Å². The molecular weight excluding hydrogens is 236 g/mol. The van der Waals surface area contributed by atoms with Gasteiger partial charge < -0.3 is 4.90 Å². The average molecular weight is 254 g/mol. The number of hydrazine groups is 1. The molecule has 1 rings (SSSR count). The number of nitrogens with zero attached hydrogens (tertiary/aromatic N) is 4. The Labute approximate surface area is 105 Å². The maximum atomic E-state index is 11.0. The molecule has 0 unspecified atom stereocenters. The summed E-state index contributed by atoms with van der Waals surface area (Å²) in [7, 11) is 0. The predicted molar refractivity (Wildman–Crippen MR) is 69.3 cm³/mol. The molecule has 8 heteroatoms. The summed E-state index contributed by atoms with van der Waals surface area (Å²) < 4.78 is 0. The van der Waals surface area contributed by atoms with Gasteiger partial charge in [0.2, 0.25) is 11.8 Å². The Kier molecular flexibility index (Phi) is 5.25. The van der Waals surface area contributed by atoms with Crippen molar-refractivity contribution in [2.24, 2.45) is 5.84 Å². The molecule has 3 N–H and O–H groups in total. The highest BCUT2D eigenvalue weighted by atomic mass is 16.6. The summed E-state index contributed by atoms with van der Waals surface area (Å²) in [5.74, 6) is 5.72. The summed E-state index contributed by atoms with van der Waals surface area (Å²) >= 11 is 0. The molecule has 0 aromatic carbocycles. The lowest BCUT2D eigenvalue weighted by Crippen LogP contribution is -2.27. The lowest BCUT2D eigenvalue weighted by atomic mass is 10.3. The second-order valence-electron chi connectivity index (χ2n) is 3.79. The quantitative estimate of drug-likeness (QED) is 0.428. The van der Waals surface area contributed by atoms with Crippen molar-refractivity contribution in [3.8, 4) is 0 Å². The monoisotopic (exact) mass is 254 g/mol. The van der Waals surface area contributed by atoms with Crippen molar-refractivity contribution in [2.75, 3.05) is 23.4 Å². The summed E-state index contributed by atoms with van der Waals surface area (Å²) in [4.78, 5) is 20.2. The highest BCUT2D eigenvalue weighted by Gasteiger charge is 2.21. The van der Waals surface area contributed by atoms with Crippen molar-refractivity contribution in [1.29, 1.82) is 0 Å². The van der Waals surface area contributed by atoms with E-state index in [0.29, 0.717) is 18.9 Å². The van der Waals surface area contributed by atoms with Gasteiger partial charge >= 0.3 is 5.69 Å². The van der Waals surface area contributed by atoms with Crippen LogP contribution in [-0.4, -0.2) is 28.0 Å². The first-order valence-corrected chi connectivity index (χ1v) is 5.87. The molecule has 0 atom stereocenters. The number of nitro groups is 1. The average Bonchev–Trinajstić information content (AvgIpc) is 2.37. The van der Waals surface area contributed by atoms with E-state index in [4.69, 9.17) is 5.84 Å². The standard InChI is InChI=1S/C10H18N6O2/c1-3-5-15(6-4-2)9-8(16(17)18)7-12-10(13-9)14-11/h7H,3-6,11H2,1-2H3,(H,12,13,14). The smallest absolute Gasteiger partial charge is 0.329 e. The van der Waals surface area contributed by atoms with E-state index in [1.54, 1.807) is 0 Å². The first-order chi connectivity index (χ1) is 8.63. The molecule has 1 heterocycles. The normalized spacial score (nSPS) is 10.2. The van der Waals surface area contributed by atoms with Crippen LogP contribution in [0.25, 0.3) is 0 Å². The van der Waals surface area contributed by atoms with E-state index in [1.165, 1.54) is 6.20 Å². The molecule has 0 spiro atoms. The van der Waals surface area contributed by atoms with Gasteiger partial charge in [0.05, 0.1) is 4.92 Å². The van der Waals surface area contributed by atoms with Crippen molar-refractivity contribution in [1.82, 2.24) is 9.97 Å². The van der Waals surface area contributed by atoms with Crippen LogP contribution in [0.15, 0.2) is 6.20 Å². The first kappa shape index (κ1) is 14.1. The van der Waals surface area contributed by atoms with Crippen LogP contribution in [0.4, 0.5) is 17.5 Å². The summed E-state index contributed by atoms with van der Waals surface area (Å²) in [6.45, 7) is 5.43. The van der Waals surface area contributed by atoms with Crippen LogP contribution in [0, 0.1) is 10.1 Å². The summed E-state index contributed by atoms with van der Waals surface area (Å²) in [6, 6.07) is 0. The second kappa shape index (κ2) is 6.70. The van der Waals surface area contributed by atoms with Crippen LogP contribution >= 0.6 is 0 Å². The third-order valence-electron chi connectivity index (χ3n) is 2.36. The van der Waals surface area contributed by atoms with Crippen LogP contribution in [0.5, 0.6) is 0 Å². The fraction of sp³-hybridized carbons (Fsp3) is 0.600. The number of anilines is 2. The molecule has 1 aromatic rings. The SMILES string of the molecule is CCCN(CCC)c1nc(NN)ncc1[N+](=O)[O-]. The van der Waals surface area contributed by atoms with Gasteiger partial charge in [-0.1, -0.05) is 13.8 Å². The Bertz CT molecular complexity index is 405. The molecule has 0 aliphatic carbocycles. The van der Waals surface area contributed by atoms with Gasteiger partial charge in [-0.15, -0.1) is 0 Å². The number of nitrogen functional groups attached to an aromatic ring is 1. The topological polar surface area (TPSA) is 110 Å².